The van der Waals surface area contributed by atoms with E-state index in [0.29, 0.717) is 0 Å². The summed E-state index contributed by atoms with van der Waals surface area (Å²) in [5.74, 6) is 0. The summed E-state index contributed by atoms with van der Waals surface area (Å²) in [6.07, 6.45) is 0.945. The number of thiophene rings is 1. The highest BCUT2D eigenvalue weighted by Gasteiger charge is 2.16. The summed E-state index contributed by atoms with van der Waals surface area (Å²) in [4.78, 5) is 1.34. The second-order valence-corrected chi connectivity index (χ2v) is 7.33. The minimum absolute atomic E-state index is 0.237. The van der Waals surface area contributed by atoms with Crippen LogP contribution in [0.25, 0.3) is 0 Å². The molecule has 0 saturated heterocycles. The molecule has 0 aliphatic heterocycles. The van der Waals surface area contributed by atoms with E-state index in [2.05, 4.69) is 61.6 Å². The van der Waals surface area contributed by atoms with Gasteiger partial charge in [-0.1, -0.05) is 30.7 Å². The topological polar surface area (TPSA) is 12.0 Å². The molecule has 1 heterocycles. The monoisotopic (exact) mass is 421 g/mol. The number of hydrogen-bond acceptors (Lipinski definition) is 2. The summed E-state index contributed by atoms with van der Waals surface area (Å²) in [6, 6.07) is 8.49. The van der Waals surface area contributed by atoms with Crippen molar-refractivity contribution in [3.8, 4) is 0 Å². The van der Waals surface area contributed by atoms with Crippen molar-refractivity contribution in [2.24, 2.45) is 0 Å². The van der Waals surface area contributed by atoms with Gasteiger partial charge in [0.2, 0.25) is 0 Å². The number of nitrogens with one attached hydrogen (secondary N) is 1. The molecular formula is C14H14Br2ClNS. The first-order valence-corrected chi connectivity index (χ1v) is 8.86. The van der Waals surface area contributed by atoms with Crippen LogP contribution in [0.1, 0.15) is 23.4 Å². The first-order valence-electron chi connectivity index (χ1n) is 6.02. The van der Waals surface area contributed by atoms with E-state index < -0.39 is 0 Å². The lowest BCUT2D eigenvalue weighted by atomic mass is 10.0. The van der Waals surface area contributed by atoms with Gasteiger partial charge in [0.05, 0.1) is 5.02 Å². The van der Waals surface area contributed by atoms with E-state index >= 15 is 0 Å². The first kappa shape index (κ1) is 15.5. The summed E-state index contributed by atoms with van der Waals surface area (Å²) < 4.78 is 2.09. The minimum atomic E-state index is 0.237. The Kier molecular flexibility index (Phi) is 5.90. The Balaban J connectivity index is 2.26. The molecule has 19 heavy (non-hydrogen) atoms. The molecule has 5 heteroatoms. The van der Waals surface area contributed by atoms with Crippen LogP contribution in [-0.4, -0.2) is 6.54 Å². The van der Waals surface area contributed by atoms with E-state index in [1.165, 1.54) is 4.88 Å². The van der Waals surface area contributed by atoms with Gasteiger partial charge in [-0.05, 0) is 56.1 Å². The molecule has 0 aliphatic carbocycles. The number of rotatable bonds is 5. The third-order valence-corrected chi connectivity index (χ3v) is 5.87. The van der Waals surface area contributed by atoms with Crippen LogP contribution in [0, 0.1) is 0 Å². The molecule has 0 bridgehead atoms. The molecule has 1 N–H and O–H groups in total. The maximum Gasteiger partial charge on any atom is 0.0595 e. The Morgan fingerprint density at radius 1 is 1.37 bits per heavy atom. The van der Waals surface area contributed by atoms with Crippen LogP contribution < -0.4 is 5.32 Å². The van der Waals surface area contributed by atoms with Crippen molar-refractivity contribution in [1.29, 1.82) is 0 Å². The minimum Gasteiger partial charge on any atom is -0.310 e. The average molecular weight is 424 g/mol. The maximum absolute atomic E-state index is 6.40. The van der Waals surface area contributed by atoms with Crippen LogP contribution in [0.4, 0.5) is 0 Å². The van der Waals surface area contributed by atoms with Gasteiger partial charge in [-0.25, -0.2) is 0 Å². The molecule has 102 valence electrons. The van der Waals surface area contributed by atoms with Crippen LogP contribution >= 0.6 is 54.8 Å². The van der Waals surface area contributed by atoms with E-state index in [0.717, 1.165) is 32.5 Å². The van der Waals surface area contributed by atoms with Crippen LogP contribution in [0.5, 0.6) is 0 Å². The fraction of sp³-hybridized carbons (Fsp3) is 0.286. The van der Waals surface area contributed by atoms with E-state index in [1.54, 1.807) is 11.3 Å². The van der Waals surface area contributed by atoms with Gasteiger partial charge < -0.3 is 5.32 Å². The average Bonchev–Trinajstić information content (AvgIpc) is 2.78. The van der Waals surface area contributed by atoms with Crippen molar-refractivity contribution in [1.82, 2.24) is 5.32 Å². The van der Waals surface area contributed by atoms with E-state index in [4.69, 9.17) is 11.6 Å². The van der Waals surface area contributed by atoms with Gasteiger partial charge in [-0.15, -0.1) is 11.3 Å². The molecule has 0 aliphatic rings. The van der Waals surface area contributed by atoms with Crippen LogP contribution in [-0.2, 0) is 6.42 Å². The van der Waals surface area contributed by atoms with Crippen molar-refractivity contribution >= 4 is 54.8 Å². The Bertz CT molecular complexity index is 556. The molecule has 0 amide bonds. The van der Waals surface area contributed by atoms with Gasteiger partial charge in [0, 0.05) is 31.7 Å². The fourth-order valence-corrected chi connectivity index (χ4v) is 4.13. The lowest BCUT2D eigenvalue weighted by Gasteiger charge is -2.19. The summed E-state index contributed by atoms with van der Waals surface area (Å²) in [7, 11) is 0. The second kappa shape index (κ2) is 7.23. The molecule has 0 fully saturated rings. The number of hydrogen-bond donors (Lipinski definition) is 1. The largest absolute Gasteiger partial charge is 0.310 e. The molecule has 2 rings (SSSR count). The highest BCUT2D eigenvalue weighted by atomic mass is 79.9. The molecule has 2 aromatic rings. The van der Waals surface area contributed by atoms with Gasteiger partial charge in [0.1, 0.15) is 0 Å². The van der Waals surface area contributed by atoms with Crippen molar-refractivity contribution in [3.63, 3.8) is 0 Å². The molecule has 0 radical (unpaired) electrons. The van der Waals surface area contributed by atoms with Gasteiger partial charge in [-0.3, -0.25) is 0 Å². The van der Waals surface area contributed by atoms with Crippen molar-refractivity contribution < 1.29 is 0 Å². The quantitative estimate of drug-likeness (QED) is 0.639. The smallest absolute Gasteiger partial charge is 0.0595 e. The predicted octanol–water partition coefficient (Wildman–Crippen LogP) is 5.82. The van der Waals surface area contributed by atoms with Gasteiger partial charge in [-0.2, -0.15) is 0 Å². The fourth-order valence-electron chi connectivity index (χ4n) is 1.99. The second-order valence-electron chi connectivity index (χ2n) is 4.19. The lowest BCUT2D eigenvalue weighted by molar-refractivity contribution is 0.553. The maximum atomic E-state index is 6.40. The van der Waals surface area contributed by atoms with Gasteiger partial charge in [0.15, 0.2) is 0 Å². The number of halogens is 3. The van der Waals surface area contributed by atoms with E-state index in [1.807, 2.05) is 12.1 Å². The molecule has 1 unspecified atom stereocenters. The molecule has 0 saturated carbocycles. The Labute approximate surface area is 139 Å². The highest BCUT2D eigenvalue weighted by molar-refractivity contribution is 9.10. The highest BCUT2D eigenvalue weighted by Crippen LogP contribution is 2.33. The Morgan fingerprint density at radius 3 is 2.79 bits per heavy atom. The summed E-state index contributed by atoms with van der Waals surface area (Å²) in [6.45, 7) is 3.03. The zero-order chi connectivity index (χ0) is 13.8. The van der Waals surface area contributed by atoms with E-state index in [-0.39, 0.29) is 6.04 Å². The predicted molar refractivity (Wildman–Crippen MR) is 91.3 cm³/mol. The third-order valence-electron chi connectivity index (χ3n) is 2.83. The molecule has 0 spiro atoms. The van der Waals surface area contributed by atoms with Crippen LogP contribution in [0.3, 0.4) is 0 Å². The van der Waals surface area contributed by atoms with Gasteiger partial charge >= 0.3 is 0 Å². The molecule has 1 aromatic carbocycles. The number of benzene rings is 1. The van der Waals surface area contributed by atoms with Crippen molar-refractivity contribution in [2.75, 3.05) is 6.54 Å². The van der Waals surface area contributed by atoms with Crippen LogP contribution in [0.2, 0.25) is 5.02 Å². The normalized spacial score (nSPS) is 12.6. The van der Waals surface area contributed by atoms with Crippen LogP contribution in [0.15, 0.2) is 38.6 Å². The SMILES string of the molecule is CCNC(Cc1cc(Br)cs1)c1cccc(Br)c1Cl. The molecule has 1 nitrogen and oxygen atoms in total. The molecular weight excluding hydrogens is 409 g/mol. The first-order chi connectivity index (χ1) is 9.11. The van der Waals surface area contributed by atoms with Crippen molar-refractivity contribution in [2.45, 2.75) is 19.4 Å². The number of likely N-dealkylation sites (N-methyl/N-ethyl adjacent to an activating group) is 1. The Hall–Kier alpha value is 0.130. The summed E-state index contributed by atoms with van der Waals surface area (Å²) >= 11 is 15.2. The zero-order valence-corrected chi connectivity index (χ0v) is 15.2. The third kappa shape index (κ3) is 4.05. The molecule has 1 atom stereocenters. The van der Waals surface area contributed by atoms with Crippen molar-refractivity contribution in [3.05, 3.63) is 54.1 Å². The molecule has 1 aromatic heterocycles. The lowest BCUT2D eigenvalue weighted by Crippen LogP contribution is -2.23. The Morgan fingerprint density at radius 2 is 2.16 bits per heavy atom. The zero-order valence-electron chi connectivity index (χ0n) is 10.4. The standard InChI is InChI=1S/C14H14Br2ClNS/c1-2-18-13(7-10-6-9(15)8-19-10)11-4-3-5-12(16)14(11)17/h3-6,8,13,18H,2,7H2,1H3. The summed E-state index contributed by atoms with van der Waals surface area (Å²) in [5.41, 5.74) is 1.14. The summed E-state index contributed by atoms with van der Waals surface area (Å²) in [5, 5.41) is 6.42. The van der Waals surface area contributed by atoms with Gasteiger partial charge in [0.25, 0.3) is 0 Å². The van der Waals surface area contributed by atoms with E-state index in [9.17, 15) is 0 Å².